The molecule has 13 heteroatoms. The third-order valence-electron chi connectivity index (χ3n) is 10.0. The monoisotopic (exact) mass is 687 g/mol. The number of nitrogens with zero attached hydrogens (tertiary/aromatic N) is 3. The normalized spacial score (nSPS) is 26.4. The lowest BCUT2D eigenvalue weighted by Gasteiger charge is -2.48. The van der Waals surface area contributed by atoms with Gasteiger partial charge in [0, 0.05) is 49.0 Å². The van der Waals surface area contributed by atoms with Crippen LogP contribution in [0.5, 0.6) is 11.5 Å². The maximum absolute atomic E-state index is 13.9. The zero-order valence-electron chi connectivity index (χ0n) is 27.6. The summed E-state index contributed by atoms with van der Waals surface area (Å²) in [5, 5.41) is 3.09. The number of pyridine rings is 1. The summed E-state index contributed by atoms with van der Waals surface area (Å²) < 4.78 is 39.4. The Morgan fingerprint density at radius 2 is 1.90 bits per heavy atom. The highest BCUT2D eigenvalue weighted by Gasteiger charge is 2.62. The van der Waals surface area contributed by atoms with E-state index in [2.05, 4.69) is 10.0 Å². The molecule has 0 unspecified atom stereocenters. The second-order valence-electron chi connectivity index (χ2n) is 13.5. The Balaban J connectivity index is 1.14. The number of benzene rings is 2. The second-order valence-corrected chi connectivity index (χ2v) is 15.4. The summed E-state index contributed by atoms with van der Waals surface area (Å²) >= 11 is 0. The molecule has 2 aliphatic heterocycles. The molecule has 3 aromatic rings. The van der Waals surface area contributed by atoms with Crippen LogP contribution in [-0.2, 0) is 19.6 Å². The quantitative estimate of drug-likeness (QED) is 0.338. The van der Waals surface area contributed by atoms with Gasteiger partial charge < -0.3 is 24.6 Å². The molecule has 0 spiro atoms. The minimum Gasteiger partial charge on any atom is -0.497 e. The van der Waals surface area contributed by atoms with Crippen molar-refractivity contribution in [3.8, 4) is 22.8 Å². The lowest BCUT2D eigenvalue weighted by molar-refractivity contribution is -0.137. The third kappa shape index (κ3) is 6.55. The number of carbonyl (C=O) groups is 3. The summed E-state index contributed by atoms with van der Waals surface area (Å²) in [4.78, 5) is 49.2. The zero-order valence-corrected chi connectivity index (χ0v) is 28.4. The van der Waals surface area contributed by atoms with Crippen molar-refractivity contribution in [3.05, 3.63) is 66.7 Å². The molecule has 49 heavy (non-hydrogen) atoms. The molecule has 2 aliphatic carbocycles. The smallest absolute Gasteiger partial charge is 0.320 e. The Hall–Kier alpha value is -4.65. The van der Waals surface area contributed by atoms with Crippen LogP contribution in [0, 0.1) is 5.92 Å². The number of ether oxygens (including phenoxy) is 2. The van der Waals surface area contributed by atoms with E-state index in [1.807, 2.05) is 66.7 Å². The lowest BCUT2D eigenvalue weighted by atomic mass is 9.92. The number of hydrogen-bond acceptors (Lipinski definition) is 8. The van der Waals surface area contributed by atoms with Gasteiger partial charge in [-0.2, -0.15) is 0 Å². The summed E-state index contributed by atoms with van der Waals surface area (Å²) in [6.07, 6.45) is 7.84. The summed E-state index contributed by atoms with van der Waals surface area (Å²) in [6, 6.07) is 15.6. The van der Waals surface area contributed by atoms with Crippen LogP contribution in [0.15, 0.2) is 66.7 Å². The van der Waals surface area contributed by atoms with Gasteiger partial charge in [-0.25, -0.2) is 18.2 Å². The molecule has 258 valence electrons. The molecule has 4 aliphatic rings. The highest BCUT2D eigenvalue weighted by Crippen LogP contribution is 2.46. The molecule has 2 N–H and O–H groups in total. The maximum atomic E-state index is 13.9. The summed E-state index contributed by atoms with van der Waals surface area (Å²) in [5.41, 5.74) is 0.944. The van der Waals surface area contributed by atoms with Crippen molar-refractivity contribution >= 4 is 38.8 Å². The van der Waals surface area contributed by atoms with E-state index in [1.54, 1.807) is 19.1 Å². The fourth-order valence-corrected chi connectivity index (χ4v) is 8.13. The van der Waals surface area contributed by atoms with Gasteiger partial charge in [0.25, 0.3) is 5.91 Å². The number of allylic oxidation sites excluding steroid dienone is 1. The second kappa shape index (κ2) is 13.0. The number of nitrogens with one attached hydrogen (secondary N) is 2. The molecule has 3 fully saturated rings. The highest BCUT2D eigenvalue weighted by molar-refractivity contribution is 7.91. The highest BCUT2D eigenvalue weighted by atomic mass is 32.2. The molecule has 7 rings (SSSR count). The Kier molecular flexibility index (Phi) is 8.72. The van der Waals surface area contributed by atoms with Gasteiger partial charge in [-0.05, 0) is 50.7 Å². The van der Waals surface area contributed by atoms with E-state index < -0.39 is 44.7 Å². The van der Waals surface area contributed by atoms with Crippen molar-refractivity contribution in [1.29, 1.82) is 0 Å². The van der Waals surface area contributed by atoms with Gasteiger partial charge in [-0.15, -0.1) is 0 Å². The minimum atomic E-state index is -3.81. The van der Waals surface area contributed by atoms with Crippen molar-refractivity contribution in [1.82, 2.24) is 24.8 Å². The number of urea groups is 1. The maximum Gasteiger partial charge on any atom is 0.320 e. The first kappa shape index (κ1) is 32.9. The van der Waals surface area contributed by atoms with Crippen LogP contribution in [0.2, 0.25) is 0 Å². The molecule has 4 amide bonds. The van der Waals surface area contributed by atoms with E-state index >= 15 is 0 Å². The van der Waals surface area contributed by atoms with Crippen LogP contribution in [0.25, 0.3) is 22.2 Å². The van der Waals surface area contributed by atoms with Crippen molar-refractivity contribution in [2.24, 2.45) is 5.92 Å². The molecule has 4 atom stereocenters. The molecule has 2 aromatic carbocycles. The van der Waals surface area contributed by atoms with Crippen LogP contribution in [0.4, 0.5) is 4.79 Å². The van der Waals surface area contributed by atoms with E-state index in [4.69, 9.17) is 14.5 Å². The van der Waals surface area contributed by atoms with Gasteiger partial charge in [0.05, 0.1) is 29.6 Å². The molecular formula is C36H41N5O7S. The number of aromatic nitrogens is 1. The average molecular weight is 688 g/mol. The van der Waals surface area contributed by atoms with Crippen molar-refractivity contribution in [2.75, 3.05) is 27.3 Å². The van der Waals surface area contributed by atoms with Crippen LogP contribution in [-0.4, -0.2) is 91.2 Å². The average Bonchev–Trinajstić information content (AvgIpc) is 4.01. The summed E-state index contributed by atoms with van der Waals surface area (Å²) in [5.74, 6) is -0.301. The summed E-state index contributed by atoms with van der Waals surface area (Å²) in [6.45, 7) is 0.649. The largest absolute Gasteiger partial charge is 0.497 e. The van der Waals surface area contributed by atoms with Crippen LogP contribution in [0.3, 0.4) is 0 Å². The van der Waals surface area contributed by atoms with Gasteiger partial charge in [0.15, 0.2) is 0 Å². The Bertz CT molecular complexity index is 1920. The van der Waals surface area contributed by atoms with E-state index in [-0.39, 0.29) is 25.0 Å². The predicted molar refractivity (Wildman–Crippen MR) is 183 cm³/mol. The van der Waals surface area contributed by atoms with Crippen molar-refractivity contribution in [2.45, 2.75) is 67.8 Å². The van der Waals surface area contributed by atoms with E-state index in [9.17, 15) is 22.8 Å². The molecule has 0 bridgehead atoms. The minimum absolute atomic E-state index is 0.124. The Labute approximate surface area is 285 Å². The topological polar surface area (TPSA) is 147 Å². The number of methoxy groups -OCH3 is 1. The molecule has 3 heterocycles. The fourth-order valence-electron chi connectivity index (χ4n) is 6.77. The number of sulfonamides is 1. The SMILES string of the molecule is COc1ccc2c(OC[C@@H]3C[C@H]4C(=O)N[C@@]5(C(=O)NS(=O)(=O)C6CC6)C[C@@H]5/C=C\CCCCN(C)C(=O)N34)cc(-c3ccccc3)nc2c1. The molecule has 2 saturated carbocycles. The number of hydrogen-bond donors (Lipinski definition) is 2. The molecular weight excluding hydrogens is 646 g/mol. The Morgan fingerprint density at radius 3 is 2.65 bits per heavy atom. The molecule has 1 aromatic heterocycles. The fraction of sp³-hybridized carbons (Fsp3) is 0.444. The van der Waals surface area contributed by atoms with E-state index in [0.29, 0.717) is 42.8 Å². The number of carbonyl (C=O) groups excluding carboxylic acids is 3. The summed E-state index contributed by atoms with van der Waals surface area (Å²) in [7, 11) is -0.488. The van der Waals surface area contributed by atoms with Gasteiger partial charge in [-0.3, -0.25) is 14.3 Å². The van der Waals surface area contributed by atoms with Gasteiger partial charge in [-0.1, -0.05) is 42.5 Å². The molecule has 1 saturated heterocycles. The van der Waals surface area contributed by atoms with Crippen molar-refractivity contribution in [3.63, 3.8) is 0 Å². The van der Waals surface area contributed by atoms with Gasteiger partial charge >= 0.3 is 6.03 Å². The first-order valence-electron chi connectivity index (χ1n) is 16.8. The van der Waals surface area contributed by atoms with Crippen LogP contribution >= 0.6 is 0 Å². The lowest BCUT2D eigenvalue weighted by Crippen LogP contribution is -2.69. The number of rotatable bonds is 8. The zero-order chi connectivity index (χ0) is 34.3. The Morgan fingerprint density at radius 1 is 1.10 bits per heavy atom. The van der Waals surface area contributed by atoms with Gasteiger partial charge in [0.2, 0.25) is 15.9 Å². The van der Waals surface area contributed by atoms with Crippen LogP contribution in [0.1, 0.15) is 44.9 Å². The first-order valence-corrected chi connectivity index (χ1v) is 18.4. The van der Waals surface area contributed by atoms with Crippen molar-refractivity contribution < 1.29 is 32.3 Å². The first-order chi connectivity index (χ1) is 23.6. The van der Waals surface area contributed by atoms with Gasteiger partial charge in [0.1, 0.15) is 29.7 Å². The van der Waals surface area contributed by atoms with E-state index in [0.717, 1.165) is 35.9 Å². The van der Waals surface area contributed by atoms with Crippen LogP contribution < -0.4 is 19.5 Å². The standard InChI is InChI=1S/C36H41N5O7S/c1-40-17-9-4-3-8-12-24-21-36(24,34(43)39-49(45,46)27-14-15-27)38-33(42)31-18-25(41(31)35(40)44)22-48-32-20-29(23-10-6-5-7-11-23)37-30-19-26(47-2)13-16-28(30)32/h5-8,10-13,16,19-20,24-25,27,31H,3-4,9,14-15,17-18,21-22H2,1-2H3,(H,38,42)(H,39,43)/b12-8-/t24-,25-,31-,36-/m0/s1. The molecule has 0 radical (unpaired) electrons. The number of amides is 4. The van der Waals surface area contributed by atoms with E-state index in [1.165, 1.54) is 4.90 Å². The third-order valence-corrected chi connectivity index (χ3v) is 11.8. The number of fused-ring (bicyclic) bond motifs is 3. The predicted octanol–water partition coefficient (Wildman–Crippen LogP) is 4.01. The molecule has 12 nitrogen and oxygen atoms in total.